The van der Waals surface area contributed by atoms with Crippen molar-refractivity contribution < 1.29 is 4.79 Å². The van der Waals surface area contributed by atoms with E-state index < -0.39 is 0 Å². The fourth-order valence-electron chi connectivity index (χ4n) is 4.07. The van der Waals surface area contributed by atoms with Crippen molar-refractivity contribution in [3.8, 4) is 0 Å². The van der Waals surface area contributed by atoms with Crippen LogP contribution in [0.15, 0.2) is 24.3 Å². The molecule has 1 amide bonds. The minimum atomic E-state index is -0.180. The van der Waals surface area contributed by atoms with Gasteiger partial charge in [-0.2, -0.15) is 5.10 Å². The molecule has 4 rings (SSSR count). The van der Waals surface area contributed by atoms with Gasteiger partial charge in [-0.25, -0.2) is 4.98 Å². The Balaban J connectivity index is 1.72. The topological polar surface area (TPSA) is 75.6 Å². The van der Waals surface area contributed by atoms with Crippen molar-refractivity contribution in [2.24, 2.45) is 5.92 Å². The third-order valence-electron chi connectivity index (χ3n) is 5.39. The van der Waals surface area contributed by atoms with Gasteiger partial charge in [0, 0.05) is 17.3 Å². The Morgan fingerprint density at radius 3 is 2.70 bits per heavy atom. The molecule has 1 unspecified atom stereocenters. The lowest BCUT2D eigenvalue weighted by Crippen LogP contribution is -2.34. The Labute approximate surface area is 159 Å². The van der Waals surface area contributed by atoms with Gasteiger partial charge in [-0.1, -0.05) is 26.0 Å². The normalized spacial score (nSPS) is 14.9. The number of nitrogens with zero attached hydrogens (tertiary/aromatic N) is 3. The summed E-state index contributed by atoms with van der Waals surface area (Å²) in [4.78, 5) is 17.9. The van der Waals surface area contributed by atoms with Gasteiger partial charge in [0.2, 0.25) is 0 Å². The average molecular weight is 365 g/mol. The smallest absolute Gasteiger partial charge is 0.272 e. The molecule has 2 aromatic heterocycles. The summed E-state index contributed by atoms with van der Waals surface area (Å²) < 4.78 is 2.23. The van der Waals surface area contributed by atoms with Crippen LogP contribution in [-0.4, -0.2) is 25.7 Å². The first-order valence-electron chi connectivity index (χ1n) is 9.81. The van der Waals surface area contributed by atoms with E-state index in [0.717, 1.165) is 47.4 Å². The summed E-state index contributed by atoms with van der Waals surface area (Å²) in [6, 6.07) is 8.22. The summed E-state index contributed by atoms with van der Waals surface area (Å²) in [6.45, 7) is 8.53. The predicted molar refractivity (Wildman–Crippen MR) is 106 cm³/mol. The summed E-state index contributed by atoms with van der Waals surface area (Å²) in [7, 11) is 0. The van der Waals surface area contributed by atoms with Gasteiger partial charge in [0.1, 0.15) is 5.82 Å². The molecule has 1 aliphatic rings. The summed E-state index contributed by atoms with van der Waals surface area (Å²) >= 11 is 0. The summed E-state index contributed by atoms with van der Waals surface area (Å²) in [6.07, 6.45) is 2.98. The number of nitrogens with one attached hydrogen (secondary N) is 2. The van der Waals surface area contributed by atoms with E-state index >= 15 is 0 Å². The number of carbonyl (C=O) groups excluding carboxylic acids is 1. The summed E-state index contributed by atoms with van der Waals surface area (Å²) in [5.74, 6) is 0.993. The van der Waals surface area contributed by atoms with Crippen LogP contribution >= 0.6 is 0 Å². The van der Waals surface area contributed by atoms with Crippen molar-refractivity contribution in [1.82, 2.24) is 25.1 Å². The Morgan fingerprint density at radius 2 is 1.96 bits per heavy atom. The third kappa shape index (κ3) is 3.03. The highest BCUT2D eigenvalue weighted by atomic mass is 16.2. The highest BCUT2D eigenvalue weighted by Crippen LogP contribution is 2.30. The molecule has 1 aliphatic carbocycles. The van der Waals surface area contributed by atoms with Crippen molar-refractivity contribution in [1.29, 1.82) is 0 Å². The quantitative estimate of drug-likeness (QED) is 0.719. The lowest BCUT2D eigenvalue weighted by Gasteiger charge is -2.24. The van der Waals surface area contributed by atoms with Gasteiger partial charge >= 0.3 is 0 Å². The van der Waals surface area contributed by atoms with Crippen LogP contribution in [0.4, 0.5) is 0 Å². The monoisotopic (exact) mass is 365 g/mol. The fraction of sp³-hybridized carbons (Fsp3) is 0.476. The Hall–Kier alpha value is -2.63. The maximum atomic E-state index is 13.0. The number of imidazole rings is 1. The number of hydrogen-bond donors (Lipinski definition) is 2. The number of para-hydroxylation sites is 2. The standard InChI is InChI=1S/C21H27N5O/c1-12(2)18(23-21(27)19-14-8-7-10-15(14)24-25-19)20-22-16-9-5-6-11-17(16)26(20)13(3)4/h5-6,9,11-13,18H,7-8,10H2,1-4H3,(H,23,27)(H,24,25). The van der Waals surface area contributed by atoms with Gasteiger partial charge in [-0.05, 0) is 51.2 Å². The van der Waals surface area contributed by atoms with E-state index in [2.05, 4.69) is 53.8 Å². The van der Waals surface area contributed by atoms with Crippen molar-refractivity contribution in [2.75, 3.05) is 0 Å². The average Bonchev–Trinajstić information content (AvgIpc) is 3.31. The SMILES string of the molecule is CC(C)C(NC(=O)c1n[nH]c2c1CCC2)c1nc2ccccc2n1C(C)C. The second-order valence-electron chi connectivity index (χ2n) is 8.00. The third-order valence-corrected chi connectivity index (χ3v) is 5.39. The number of aromatic amines is 1. The first-order chi connectivity index (χ1) is 13.0. The predicted octanol–water partition coefficient (Wildman–Crippen LogP) is 3.96. The molecule has 6 heteroatoms. The molecule has 6 nitrogen and oxygen atoms in total. The number of aromatic nitrogens is 4. The van der Waals surface area contributed by atoms with E-state index in [1.807, 2.05) is 18.2 Å². The van der Waals surface area contributed by atoms with Gasteiger partial charge in [0.05, 0.1) is 17.1 Å². The zero-order valence-electron chi connectivity index (χ0n) is 16.4. The van der Waals surface area contributed by atoms with E-state index in [4.69, 9.17) is 4.98 Å². The van der Waals surface area contributed by atoms with Gasteiger partial charge in [0.25, 0.3) is 5.91 Å². The molecule has 0 fully saturated rings. The molecule has 3 aromatic rings. The zero-order chi connectivity index (χ0) is 19.1. The van der Waals surface area contributed by atoms with Crippen LogP contribution in [0.5, 0.6) is 0 Å². The molecule has 142 valence electrons. The maximum absolute atomic E-state index is 13.0. The number of carbonyl (C=O) groups is 1. The van der Waals surface area contributed by atoms with Crippen LogP contribution < -0.4 is 5.32 Å². The molecule has 0 saturated heterocycles. The molecule has 27 heavy (non-hydrogen) atoms. The Kier molecular flexibility index (Phi) is 4.50. The molecule has 1 atom stereocenters. The number of H-pyrrole nitrogens is 1. The number of fused-ring (bicyclic) bond motifs is 2. The van der Waals surface area contributed by atoms with Crippen molar-refractivity contribution >= 4 is 16.9 Å². The van der Waals surface area contributed by atoms with E-state index in [1.165, 1.54) is 0 Å². The van der Waals surface area contributed by atoms with Gasteiger partial charge in [0.15, 0.2) is 5.69 Å². The first kappa shape index (κ1) is 17.8. The Bertz CT molecular complexity index is 982. The minimum absolute atomic E-state index is 0.115. The second kappa shape index (κ2) is 6.83. The zero-order valence-corrected chi connectivity index (χ0v) is 16.4. The summed E-state index contributed by atoms with van der Waals surface area (Å²) in [5, 5.41) is 10.5. The second-order valence-corrected chi connectivity index (χ2v) is 8.00. The van der Waals surface area contributed by atoms with Crippen molar-refractivity contribution in [2.45, 2.75) is 59.0 Å². The lowest BCUT2D eigenvalue weighted by molar-refractivity contribution is 0.0915. The molecule has 1 aromatic carbocycles. The number of benzene rings is 1. The number of hydrogen-bond acceptors (Lipinski definition) is 3. The lowest BCUT2D eigenvalue weighted by atomic mass is 10.0. The molecule has 0 radical (unpaired) electrons. The minimum Gasteiger partial charge on any atom is -0.340 e. The summed E-state index contributed by atoms with van der Waals surface area (Å²) in [5.41, 5.74) is 4.79. The van der Waals surface area contributed by atoms with E-state index in [0.29, 0.717) is 5.69 Å². The number of rotatable bonds is 5. The molecule has 2 heterocycles. The van der Waals surface area contributed by atoms with Crippen LogP contribution in [-0.2, 0) is 12.8 Å². The highest BCUT2D eigenvalue weighted by Gasteiger charge is 2.29. The molecule has 2 N–H and O–H groups in total. The van der Waals surface area contributed by atoms with Gasteiger partial charge in [-0.15, -0.1) is 0 Å². The van der Waals surface area contributed by atoms with E-state index in [1.54, 1.807) is 0 Å². The van der Waals surface area contributed by atoms with Crippen molar-refractivity contribution in [3.63, 3.8) is 0 Å². The van der Waals surface area contributed by atoms with Crippen LogP contribution in [0.3, 0.4) is 0 Å². The number of aryl methyl sites for hydroxylation is 1. The van der Waals surface area contributed by atoms with Crippen LogP contribution in [0.2, 0.25) is 0 Å². The highest BCUT2D eigenvalue weighted by molar-refractivity contribution is 5.94. The van der Waals surface area contributed by atoms with Crippen LogP contribution in [0.1, 0.15) is 73.8 Å². The molecule has 0 saturated carbocycles. The fourth-order valence-corrected chi connectivity index (χ4v) is 4.07. The van der Waals surface area contributed by atoms with E-state index in [-0.39, 0.29) is 23.9 Å². The largest absolute Gasteiger partial charge is 0.340 e. The van der Waals surface area contributed by atoms with Gasteiger partial charge < -0.3 is 9.88 Å². The van der Waals surface area contributed by atoms with E-state index in [9.17, 15) is 4.79 Å². The molecule has 0 spiro atoms. The molecule has 0 aliphatic heterocycles. The Morgan fingerprint density at radius 1 is 1.19 bits per heavy atom. The molecular formula is C21H27N5O. The van der Waals surface area contributed by atoms with Crippen LogP contribution in [0.25, 0.3) is 11.0 Å². The molecular weight excluding hydrogens is 338 g/mol. The first-order valence-corrected chi connectivity index (χ1v) is 9.81. The van der Waals surface area contributed by atoms with Crippen molar-refractivity contribution in [3.05, 3.63) is 47.0 Å². The number of amides is 1. The maximum Gasteiger partial charge on any atom is 0.272 e. The van der Waals surface area contributed by atoms with Crippen LogP contribution in [0, 0.1) is 5.92 Å². The molecule has 0 bridgehead atoms. The van der Waals surface area contributed by atoms with Gasteiger partial charge in [-0.3, -0.25) is 9.89 Å².